The zero-order valence-corrected chi connectivity index (χ0v) is 16.4. The van der Waals surface area contributed by atoms with Crippen LogP contribution in [-0.4, -0.2) is 33.7 Å². The van der Waals surface area contributed by atoms with Gasteiger partial charge in [0.25, 0.3) is 5.91 Å². The van der Waals surface area contributed by atoms with Crippen molar-refractivity contribution in [2.75, 3.05) is 12.4 Å². The van der Waals surface area contributed by atoms with Gasteiger partial charge in [-0.25, -0.2) is 4.98 Å². The first kappa shape index (κ1) is 18.1. The Morgan fingerprint density at radius 1 is 0.967 bits per heavy atom. The van der Waals surface area contributed by atoms with E-state index in [0.29, 0.717) is 11.5 Å². The van der Waals surface area contributed by atoms with E-state index in [0.717, 1.165) is 22.2 Å². The first-order valence-corrected chi connectivity index (χ1v) is 9.80. The molecule has 1 aromatic heterocycles. The number of imidazole rings is 1. The topological polar surface area (TPSA) is 78.1 Å². The van der Waals surface area contributed by atoms with Crippen LogP contribution >= 0.6 is 0 Å². The summed E-state index contributed by atoms with van der Waals surface area (Å²) in [5.74, 6) is -0.480. The molecule has 2 amide bonds. The molecule has 6 heteroatoms. The molecule has 0 saturated heterocycles. The highest BCUT2D eigenvalue weighted by Crippen LogP contribution is 2.42. The molecule has 5 rings (SSSR count). The van der Waals surface area contributed by atoms with Crippen LogP contribution in [0.1, 0.15) is 33.4 Å². The standard InChI is InChI=1S/C24H20N4O2/c1-28-21(15-9-3-2-4-10-15)20(16-11-5-6-12-17(16)23(28)30)22(29)27-24-25-18-13-7-8-14-19(18)26-24/h2-14,20-21H,1H3,(H2,25,26,27,29)/t20-,21+/m1/s1. The van der Waals surface area contributed by atoms with Crippen LogP contribution in [0.3, 0.4) is 0 Å². The molecular weight excluding hydrogens is 376 g/mol. The van der Waals surface area contributed by atoms with E-state index in [4.69, 9.17) is 0 Å². The Morgan fingerprint density at radius 3 is 2.47 bits per heavy atom. The van der Waals surface area contributed by atoms with Crippen molar-refractivity contribution in [3.05, 3.63) is 95.6 Å². The molecule has 0 spiro atoms. The number of fused-ring (bicyclic) bond motifs is 2. The molecule has 0 saturated carbocycles. The molecule has 6 nitrogen and oxygen atoms in total. The maximum Gasteiger partial charge on any atom is 0.254 e. The van der Waals surface area contributed by atoms with Gasteiger partial charge in [-0.3, -0.25) is 14.9 Å². The number of para-hydroxylation sites is 2. The zero-order valence-electron chi connectivity index (χ0n) is 16.4. The number of likely N-dealkylation sites (N-methyl/N-ethyl adjacent to an activating group) is 1. The quantitative estimate of drug-likeness (QED) is 0.547. The number of amides is 2. The second-order valence-corrected chi connectivity index (χ2v) is 7.43. The summed E-state index contributed by atoms with van der Waals surface area (Å²) in [5.41, 5.74) is 3.82. The number of benzene rings is 3. The van der Waals surface area contributed by atoms with E-state index in [-0.39, 0.29) is 11.8 Å². The minimum atomic E-state index is -0.570. The zero-order chi connectivity index (χ0) is 20.7. The second-order valence-electron chi connectivity index (χ2n) is 7.43. The normalized spacial score (nSPS) is 18.3. The number of hydrogen-bond acceptors (Lipinski definition) is 3. The minimum Gasteiger partial charge on any atom is -0.334 e. The second kappa shape index (κ2) is 7.15. The van der Waals surface area contributed by atoms with Crippen LogP contribution in [0.2, 0.25) is 0 Å². The largest absolute Gasteiger partial charge is 0.334 e. The van der Waals surface area contributed by atoms with Gasteiger partial charge >= 0.3 is 0 Å². The Morgan fingerprint density at radius 2 is 1.67 bits per heavy atom. The number of rotatable bonds is 3. The average molecular weight is 396 g/mol. The van der Waals surface area contributed by atoms with E-state index in [9.17, 15) is 9.59 Å². The molecule has 1 aliphatic heterocycles. The van der Waals surface area contributed by atoms with Gasteiger partial charge in [0.1, 0.15) is 0 Å². The molecule has 0 aliphatic carbocycles. The van der Waals surface area contributed by atoms with Crippen molar-refractivity contribution >= 4 is 28.8 Å². The molecule has 3 aromatic carbocycles. The van der Waals surface area contributed by atoms with Crippen molar-refractivity contribution in [3.63, 3.8) is 0 Å². The van der Waals surface area contributed by atoms with Gasteiger partial charge in [-0.15, -0.1) is 0 Å². The van der Waals surface area contributed by atoms with E-state index >= 15 is 0 Å². The molecular formula is C24H20N4O2. The van der Waals surface area contributed by atoms with Crippen LogP contribution in [0.15, 0.2) is 78.9 Å². The lowest BCUT2D eigenvalue weighted by Gasteiger charge is -2.39. The molecule has 4 aromatic rings. The maximum absolute atomic E-state index is 13.5. The van der Waals surface area contributed by atoms with Crippen molar-refractivity contribution in [2.24, 2.45) is 0 Å². The van der Waals surface area contributed by atoms with Crippen molar-refractivity contribution in [1.82, 2.24) is 14.9 Å². The fourth-order valence-corrected chi connectivity index (χ4v) is 4.23. The van der Waals surface area contributed by atoms with Gasteiger partial charge in [0.2, 0.25) is 11.9 Å². The van der Waals surface area contributed by atoms with E-state index in [1.807, 2.05) is 72.8 Å². The molecule has 1 aliphatic rings. The molecule has 148 valence electrons. The van der Waals surface area contributed by atoms with Gasteiger partial charge in [-0.2, -0.15) is 0 Å². The molecule has 2 atom stereocenters. The fraction of sp³-hybridized carbons (Fsp3) is 0.125. The number of nitrogens with one attached hydrogen (secondary N) is 2. The number of anilines is 1. The highest BCUT2D eigenvalue weighted by molar-refractivity contribution is 6.04. The van der Waals surface area contributed by atoms with Crippen molar-refractivity contribution in [2.45, 2.75) is 12.0 Å². The summed E-state index contributed by atoms with van der Waals surface area (Å²) in [6, 6.07) is 24.2. The summed E-state index contributed by atoms with van der Waals surface area (Å²) in [6.07, 6.45) is 0. The predicted octanol–water partition coefficient (Wildman–Crippen LogP) is 4.11. The number of aromatic amines is 1. The first-order valence-electron chi connectivity index (χ1n) is 9.80. The van der Waals surface area contributed by atoms with E-state index in [1.165, 1.54) is 0 Å². The Kier molecular flexibility index (Phi) is 4.32. The summed E-state index contributed by atoms with van der Waals surface area (Å²) >= 11 is 0. The summed E-state index contributed by atoms with van der Waals surface area (Å²) in [4.78, 5) is 35.8. The number of carbonyl (C=O) groups excluding carboxylic acids is 2. The van der Waals surface area contributed by atoms with E-state index < -0.39 is 12.0 Å². The van der Waals surface area contributed by atoms with Gasteiger partial charge in [0, 0.05) is 12.6 Å². The van der Waals surface area contributed by atoms with Gasteiger partial charge < -0.3 is 9.88 Å². The molecule has 2 N–H and O–H groups in total. The van der Waals surface area contributed by atoms with Gasteiger partial charge in [-0.05, 0) is 29.3 Å². The lowest BCUT2D eigenvalue weighted by Crippen LogP contribution is -2.44. The minimum absolute atomic E-state index is 0.0905. The van der Waals surface area contributed by atoms with E-state index in [2.05, 4.69) is 15.3 Å². The lowest BCUT2D eigenvalue weighted by molar-refractivity contribution is -0.119. The maximum atomic E-state index is 13.5. The van der Waals surface area contributed by atoms with Crippen LogP contribution < -0.4 is 5.32 Å². The summed E-state index contributed by atoms with van der Waals surface area (Å²) in [5, 5.41) is 2.93. The van der Waals surface area contributed by atoms with Crippen molar-refractivity contribution in [3.8, 4) is 0 Å². The van der Waals surface area contributed by atoms with Gasteiger partial charge in [-0.1, -0.05) is 60.7 Å². The monoisotopic (exact) mass is 396 g/mol. The third-order valence-corrected chi connectivity index (χ3v) is 5.63. The van der Waals surface area contributed by atoms with Crippen LogP contribution in [0.4, 0.5) is 5.95 Å². The highest BCUT2D eigenvalue weighted by Gasteiger charge is 2.42. The first-order chi connectivity index (χ1) is 14.6. The fourth-order valence-electron chi connectivity index (χ4n) is 4.23. The predicted molar refractivity (Wildman–Crippen MR) is 115 cm³/mol. The third-order valence-electron chi connectivity index (χ3n) is 5.63. The van der Waals surface area contributed by atoms with Crippen LogP contribution in [-0.2, 0) is 4.79 Å². The SMILES string of the molecule is CN1C(=O)c2ccccc2[C@@H](C(=O)Nc2nc3ccccc3[nH]2)[C@@H]1c1ccccc1. The average Bonchev–Trinajstić information content (AvgIpc) is 3.18. The van der Waals surface area contributed by atoms with Crippen molar-refractivity contribution < 1.29 is 9.59 Å². The molecule has 0 fully saturated rings. The highest BCUT2D eigenvalue weighted by atomic mass is 16.2. The van der Waals surface area contributed by atoms with Crippen molar-refractivity contribution in [1.29, 1.82) is 0 Å². The van der Waals surface area contributed by atoms with Crippen LogP contribution in [0.5, 0.6) is 0 Å². The molecule has 0 unspecified atom stereocenters. The molecule has 0 radical (unpaired) electrons. The Hall–Kier alpha value is -3.93. The van der Waals surface area contributed by atoms with Gasteiger partial charge in [0.15, 0.2) is 0 Å². The molecule has 30 heavy (non-hydrogen) atoms. The number of nitrogens with zero attached hydrogens (tertiary/aromatic N) is 2. The number of carbonyl (C=O) groups is 2. The molecule has 2 heterocycles. The van der Waals surface area contributed by atoms with Gasteiger partial charge in [0.05, 0.1) is 23.0 Å². The van der Waals surface area contributed by atoms with E-state index in [1.54, 1.807) is 18.0 Å². The van der Waals surface area contributed by atoms with Crippen LogP contribution in [0.25, 0.3) is 11.0 Å². The Bertz CT molecular complexity index is 1220. The number of hydrogen-bond donors (Lipinski definition) is 2. The summed E-state index contributed by atoms with van der Waals surface area (Å²) in [6.45, 7) is 0. The van der Waals surface area contributed by atoms with Crippen LogP contribution in [0, 0.1) is 0 Å². The lowest BCUT2D eigenvalue weighted by atomic mass is 9.79. The smallest absolute Gasteiger partial charge is 0.254 e. The third kappa shape index (κ3) is 2.93. The molecule has 0 bridgehead atoms. The summed E-state index contributed by atoms with van der Waals surface area (Å²) < 4.78 is 0. The number of H-pyrrole nitrogens is 1. The Labute approximate surface area is 173 Å². The summed E-state index contributed by atoms with van der Waals surface area (Å²) in [7, 11) is 1.75. The Balaban J connectivity index is 1.59. The number of aromatic nitrogens is 2.